The second kappa shape index (κ2) is 29.5. The molecule has 0 aliphatic heterocycles. The fourth-order valence-electron chi connectivity index (χ4n) is 5.98. The van der Waals surface area contributed by atoms with Gasteiger partial charge in [0.2, 0.25) is 0 Å². The van der Waals surface area contributed by atoms with Gasteiger partial charge in [0.05, 0.1) is 0 Å². The van der Waals surface area contributed by atoms with Crippen molar-refractivity contribution in [1.82, 2.24) is 0 Å². The molecule has 236 valence electrons. The molecule has 39 heavy (non-hydrogen) atoms. The minimum absolute atomic E-state index is 1.25. The second-order valence-corrected chi connectivity index (χ2v) is 35.3. The van der Waals surface area contributed by atoms with Crippen LogP contribution < -0.4 is 0 Å². The molecule has 3 nitrogen and oxygen atoms in total. The van der Waals surface area contributed by atoms with Gasteiger partial charge in [-0.15, -0.1) is 0 Å². The number of hydrogen-bond donors (Lipinski definition) is 0. The molecular formula is C34H74O3Sn2. The van der Waals surface area contributed by atoms with Crippen LogP contribution in [-0.4, -0.2) is 52.6 Å². The summed E-state index contributed by atoms with van der Waals surface area (Å²) in [5, 5.41) is 0. The Kier molecular flexibility index (Phi) is 30.7. The van der Waals surface area contributed by atoms with Gasteiger partial charge in [0.15, 0.2) is 0 Å². The molecule has 0 aromatic heterocycles. The predicted molar refractivity (Wildman–Crippen MR) is 179 cm³/mol. The summed E-state index contributed by atoms with van der Waals surface area (Å²) in [6.07, 6.45) is 32.5. The molecule has 0 rings (SSSR count). The monoisotopic (exact) mass is 770 g/mol. The molecule has 0 aromatic rings. The summed E-state index contributed by atoms with van der Waals surface area (Å²) in [5.41, 5.74) is 0. The molecule has 0 unspecified atom stereocenters. The Morgan fingerprint density at radius 2 is 0.513 bits per heavy atom. The normalized spacial score (nSPS) is 12.5. The van der Waals surface area contributed by atoms with Crippen molar-refractivity contribution >= 4 is 38.4 Å². The molecule has 0 amide bonds. The molecule has 0 aliphatic carbocycles. The third kappa shape index (κ3) is 22.7. The number of unbranched alkanes of at least 4 members (excludes halogenated alkanes) is 20. The minimum atomic E-state index is -3.19. The maximum absolute atomic E-state index is 7.61. The van der Waals surface area contributed by atoms with E-state index in [4.69, 9.17) is 7.56 Å². The quantitative estimate of drug-likeness (QED) is 0.0504. The first-order valence-electron chi connectivity index (χ1n) is 17.9. The Labute approximate surface area is 258 Å². The van der Waals surface area contributed by atoms with Crippen LogP contribution in [-0.2, 0) is 7.56 Å². The van der Waals surface area contributed by atoms with E-state index in [1.807, 2.05) is 14.2 Å². The van der Waals surface area contributed by atoms with Gasteiger partial charge in [-0.1, -0.05) is 0 Å². The molecule has 0 fully saturated rings. The van der Waals surface area contributed by atoms with E-state index in [-0.39, 0.29) is 0 Å². The van der Waals surface area contributed by atoms with Gasteiger partial charge in [-0.2, -0.15) is 0 Å². The van der Waals surface area contributed by atoms with Crippen LogP contribution in [0.15, 0.2) is 0 Å². The van der Waals surface area contributed by atoms with E-state index in [2.05, 4.69) is 27.7 Å². The molecule has 0 spiro atoms. The van der Waals surface area contributed by atoms with Crippen LogP contribution in [0.3, 0.4) is 0 Å². The van der Waals surface area contributed by atoms with Crippen molar-refractivity contribution in [3.63, 3.8) is 0 Å². The summed E-state index contributed by atoms with van der Waals surface area (Å²) in [6.45, 7) is 9.24. The molecule has 0 radical (unpaired) electrons. The Morgan fingerprint density at radius 3 is 0.718 bits per heavy atom. The first-order chi connectivity index (χ1) is 19.1. The fourth-order valence-corrected chi connectivity index (χ4v) is 46.3. The molecule has 0 aliphatic rings. The van der Waals surface area contributed by atoms with Crippen LogP contribution in [0.1, 0.15) is 182 Å². The summed E-state index contributed by atoms with van der Waals surface area (Å²) in [4.78, 5) is 0. The average Bonchev–Trinajstić information content (AvgIpc) is 2.95. The molecule has 0 atom stereocenters. The summed E-state index contributed by atoms with van der Waals surface area (Å²) in [7, 11) is 4.04. The third-order valence-corrected chi connectivity index (χ3v) is 42.1. The first kappa shape index (κ1) is 40.5. The molecule has 0 heterocycles. The molecule has 0 saturated carbocycles. The zero-order valence-electron chi connectivity index (χ0n) is 28.0. The number of rotatable bonds is 32. The van der Waals surface area contributed by atoms with Crippen LogP contribution in [0, 0.1) is 0 Å². The van der Waals surface area contributed by atoms with Gasteiger partial charge in [0.1, 0.15) is 0 Å². The van der Waals surface area contributed by atoms with Gasteiger partial charge < -0.3 is 0 Å². The molecule has 0 N–H and O–H groups in total. The van der Waals surface area contributed by atoms with Crippen molar-refractivity contribution in [1.29, 1.82) is 0 Å². The van der Waals surface area contributed by atoms with Crippen LogP contribution in [0.2, 0.25) is 17.7 Å². The van der Waals surface area contributed by atoms with E-state index in [1.54, 1.807) is 0 Å². The maximum atomic E-state index is 7.61. The molecule has 0 aromatic carbocycles. The number of hydrogen-bond acceptors (Lipinski definition) is 3. The Balaban J connectivity index is 5.40. The van der Waals surface area contributed by atoms with E-state index < -0.39 is 38.4 Å². The van der Waals surface area contributed by atoms with Crippen molar-refractivity contribution in [2.24, 2.45) is 0 Å². The van der Waals surface area contributed by atoms with Gasteiger partial charge in [-0.25, -0.2) is 0 Å². The Hall–Kier alpha value is 1.48. The van der Waals surface area contributed by atoms with E-state index in [0.29, 0.717) is 0 Å². The zero-order chi connectivity index (χ0) is 28.9. The van der Waals surface area contributed by atoms with Crippen LogP contribution in [0.4, 0.5) is 0 Å². The molecular weight excluding hydrogens is 694 g/mol. The van der Waals surface area contributed by atoms with Crippen molar-refractivity contribution in [3.05, 3.63) is 0 Å². The van der Waals surface area contributed by atoms with Gasteiger partial charge in [0, 0.05) is 0 Å². The summed E-state index contributed by atoms with van der Waals surface area (Å²) >= 11 is -6.39. The van der Waals surface area contributed by atoms with Gasteiger partial charge in [0.25, 0.3) is 0 Å². The van der Waals surface area contributed by atoms with Crippen LogP contribution in [0.5, 0.6) is 0 Å². The van der Waals surface area contributed by atoms with Crippen molar-refractivity contribution in [2.45, 2.75) is 200 Å². The zero-order valence-corrected chi connectivity index (χ0v) is 33.7. The van der Waals surface area contributed by atoms with Gasteiger partial charge in [-0.05, 0) is 0 Å². The van der Waals surface area contributed by atoms with E-state index in [0.717, 1.165) is 0 Å². The predicted octanol–water partition coefficient (Wildman–Crippen LogP) is 12.6. The fraction of sp³-hybridized carbons (Fsp3) is 1.00. The third-order valence-electron chi connectivity index (χ3n) is 8.76. The average molecular weight is 768 g/mol. The van der Waals surface area contributed by atoms with Crippen molar-refractivity contribution < 1.29 is 7.56 Å². The molecule has 5 heteroatoms. The summed E-state index contributed by atoms with van der Waals surface area (Å²) in [5.74, 6) is 0. The Morgan fingerprint density at radius 1 is 0.308 bits per heavy atom. The van der Waals surface area contributed by atoms with Crippen LogP contribution in [0.25, 0.3) is 0 Å². The van der Waals surface area contributed by atoms with E-state index in [9.17, 15) is 0 Å². The van der Waals surface area contributed by atoms with E-state index in [1.165, 1.54) is 172 Å². The summed E-state index contributed by atoms with van der Waals surface area (Å²) < 4.78 is 25.9. The van der Waals surface area contributed by atoms with Crippen molar-refractivity contribution in [2.75, 3.05) is 14.2 Å². The van der Waals surface area contributed by atoms with Gasteiger partial charge in [-0.3, -0.25) is 0 Å². The Bertz CT molecular complexity index is 415. The van der Waals surface area contributed by atoms with Crippen LogP contribution >= 0.6 is 0 Å². The standard InChI is InChI=1S/4C8H17.2CH3O.O.2Sn/c4*1-3-5-7-8-6-4-2;2*1-2;;;/h4*1,3-8H2,2H3;2*1H3;;;/q;;;;2*-1;;2*+1. The van der Waals surface area contributed by atoms with Gasteiger partial charge >= 0.3 is 260 Å². The summed E-state index contributed by atoms with van der Waals surface area (Å²) in [6, 6.07) is 0. The first-order valence-corrected chi connectivity index (χ1v) is 30.6. The topological polar surface area (TPSA) is 27.7 Å². The van der Waals surface area contributed by atoms with E-state index >= 15 is 0 Å². The molecule has 0 bridgehead atoms. The molecule has 0 saturated heterocycles. The second-order valence-electron chi connectivity index (χ2n) is 12.4. The SMILES string of the molecule is CCCCCCC[CH2][Sn]([CH2]CCCCCCC)([O]C)[O][Sn]([CH2]CCCCCCC)([CH2]CCCCCCC)[O]C. The van der Waals surface area contributed by atoms with Crippen molar-refractivity contribution in [3.8, 4) is 0 Å².